The second-order valence-electron chi connectivity index (χ2n) is 5.44. The van der Waals surface area contributed by atoms with Gasteiger partial charge in [0.1, 0.15) is 6.10 Å². The second kappa shape index (κ2) is 8.75. The molecule has 1 aromatic carbocycles. The van der Waals surface area contributed by atoms with Crippen molar-refractivity contribution < 1.29 is 4.74 Å². The highest BCUT2D eigenvalue weighted by Gasteiger charge is 2.12. The molecule has 3 heteroatoms. The molecule has 0 radical (unpaired) electrons. The van der Waals surface area contributed by atoms with Crippen molar-refractivity contribution in [2.75, 3.05) is 14.1 Å². The van der Waals surface area contributed by atoms with Crippen LogP contribution in [0.2, 0.25) is 0 Å². The SMILES string of the molecule is CC(C)=CCC(CCc1ccccc1)OC(=S)N(C)C. The van der Waals surface area contributed by atoms with Crippen molar-refractivity contribution in [2.45, 2.75) is 39.2 Å². The molecule has 1 unspecified atom stereocenters. The summed E-state index contributed by atoms with van der Waals surface area (Å²) < 4.78 is 5.90. The predicted octanol–water partition coefficient (Wildman–Crippen LogP) is 4.21. The largest absolute Gasteiger partial charge is 0.467 e. The fourth-order valence-corrected chi connectivity index (χ4v) is 1.95. The van der Waals surface area contributed by atoms with Gasteiger partial charge in [0.2, 0.25) is 0 Å². The molecule has 0 saturated carbocycles. The molecule has 0 N–H and O–H groups in total. The summed E-state index contributed by atoms with van der Waals surface area (Å²) in [4.78, 5) is 1.84. The first kappa shape index (κ1) is 16.7. The van der Waals surface area contributed by atoms with E-state index in [-0.39, 0.29) is 6.10 Å². The first-order chi connectivity index (χ1) is 9.49. The summed E-state index contributed by atoms with van der Waals surface area (Å²) in [6.45, 7) is 4.22. The van der Waals surface area contributed by atoms with Crippen LogP contribution in [0.5, 0.6) is 0 Å². The van der Waals surface area contributed by atoms with Gasteiger partial charge in [0.15, 0.2) is 0 Å². The lowest BCUT2D eigenvalue weighted by Crippen LogP contribution is -2.28. The molecule has 1 atom stereocenters. The minimum absolute atomic E-state index is 0.139. The lowest BCUT2D eigenvalue weighted by atomic mass is 10.0. The molecule has 0 spiro atoms. The standard InChI is InChI=1S/C17H25NOS/c1-14(2)10-12-16(19-17(20)18(3)4)13-11-15-8-6-5-7-9-15/h5-10,16H,11-13H2,1-4H3. The number of rotatable bonds is 6. The highest BCUT2D eigenvalue weighted by molar-refractivity contribution is 7.80. The molecule has 0 aliphatic carbocycles. The van der Waals surface area contributed by atoms with Crippen molar-refractivity contribution in [2.24, 2.45) is 0 Å². The summed E-state index contributed by atoms with van der Waals surface area (Å²) in [5, 5.41) is 0.560. The zero-order chi connectivity index (χ0) is 15.0. The maximum atomic E-state index is 5.90. The molecule has 1 aromatic rings. The van der Waals surface area contributed by atoms with Crippen molar-refractivity contribution >= 4 is 17.4 Å². The van der Waals surface area contributed by atoms with Crippen LogP contribution in [0, 0.1) is 0 Å². The van der Waals surface area contributed by atoms with Crippen molar-refractivity contribution in [1.29, 1.82) is 0 Å². The number of thiocarbonyl (C=S) groups is 1. The van der Waals surface area contributed by atoms with Crippen LogP contribution in [0.3, 0.4) is 0 Å². The molecule has 0 aromatic heterocycles. The highest BCUT2D eigenvalue weighted by Crippen LogP contribution is 2.13. The van der Waals surface area contributed by atoms with Gasteiger partial charge in [-0.1, -0.05) is 42.0 Å². The van der Waals surface area contributed by atoms with E-state index in [1.54, 1.807) is 0 Å². The van der Waals surface area contributed by atoms with Crippen molar-refractivity contribution in [1.82, 2.24) is 4.90 Å². The van der Waals surface area contributed by atoms with Gasteiger partial charge >= 0.3 is 0 Å². The van der Waals surface area contributed by atoms with Gasteiger partial charge in [-0.25, -0.2) is 0 Å². The van der Waals surface area contributed by atoms with Gasteiger partial charge in [-0.2, -0.15) is 0 Å². The Hall–Kier alpha value is -1.35. The third-order valence-electron chi connectivity index (χ3n) is 3.02. The van der Waals surface area contributed by atoms with Crippen LogP contribution >= 0.6 is 12.2 Å². The fourth-order valence-electron chi connectivity index (χ4n) is 1.81. The van der Waals surface area contributed by atoms with Gasteiger partial charge in [-0.15, -0.1) is 0 Å². The van der Waals surface area contributed by atoms with E-state index >= 15 is 0 Å². The molecule has 110 valence electrons. The quantitative estimate of drug-likeness (QED) is 0.575. The molecule has 0 aliphatic rings. The minimum Gasteiger partial charge on any atom is -0.467 e. The molecule has 0 amide bonds. The van der Waals surface area contributed by atoms with Gasteiger partial charge in [0.05, 0.1) is 0 Å². The van der Waals surface area contributed by atoms with E-state index < -0.39 is 0 Å². The van der Waals surface area contributed by atoms with Crippen LogP contribution < -0.4 is 0 Å². The van der Waals surface area contributed by atoms with E-state index in [4.69, 9.17) is 17.0 Å². The second-order valence-corrected chi connectivity index (χ2v) is 5.79. The van der Waals surface area contributed by atoms with E-state index in [2.05, 4.69) is 44.2 Å². The Bertz CT molecular complexity index is 436. The molecule has 0 saturated heterocycles. The van der Waals surface area contributed by atoms with E-state index in [0.717, 1.165) is 19.3 Å². The summed E-state index contributed by atoms with van der Waals surface area (Å²) in [5.74, 6) is 0. The zero-order valence-electron chi connectivity index (χ0n) is 12.9. The lowest BCUT2D eigenvalue weighted by Gasteiger charge is -2.22. The van der Waals surface area contributed by atoms with Gasteiger partial charge in [-0.05, 0) is 44.5 Å². The van der Waals surface area contributed by atoms with Crippen LogP contribution in [0.15, 0.2) is 42.0 Å². The average molecular weight is 291 g/mol. The van der Waals surface area contributed by atoms with Gasteiger partial charge in [0, 0.05) is 20.5 Å². The maximum absolute atomic E-state index is 5.90. The van der Waals surface area contributed by atoms with Crippen molar-refractivity contribution in [3.05, 3.63) is 47.5 Å². The predicted molar refractivity (Wildman–Crippen MR) is 90.0 cm³/mol. The van der Waals surface area contributed by atoms with Crippen LogP contribution in [0.25, 0.3) is 0 Å². The molecule has 2 nitrogen and oxygen atoms in total. The van der Waals surface area contributed by atoms with Gasteiger partial charge < -0.3 is 9.64 Å². The molecule has 0 fully saturated rings. The third-order valence-corrected chi connectivity index (χ3v) is 3.48. The molecule has 1 rings (SSSR count). The van der Waals surface area contributed by atoms with E-state index in [1.807, 2.05) is 25.1 Å². The Balaban J connectivity index is 2.57. The Labute approximate surface area is 128 Å². The topological polar surface area (TPSA) is 12.5 Å². The molecule has 0 aliphatic heterocycles. The van der Waals surface area contributed by atoms with Crippen molar-refractivity contribution in [3.8, 4) is 0 Å². The Morgan fingerprint density at radius 3 is 2.45 bits per heavy atom. The summed E-state index contributed by atoms with van der Waals surface area (Å²) in [6.07, 6.45) is 5.25. The summed E-state index contributed by atoms with van der Waals surface area (Å²) >= 11 is 5.25. The van der Waals surface area contributed by atoms with Crippen LogP contribution in [-0.4, -0.2) is 30.3 Å². The van der Waals surface area contributed by atoms with E-state index in [1.165, 1.54) is 11.1 Å². The fraction of sp³-hybridized carbons (Fsp3) is 0.471. The van der Waals surface area contributed by atoms with E-state index in [0.29, 0.717) is 5.17 Å². The number of allylic oxidation sites excluding steroid dienone is 1. The number of ether oxygens (including phenoxy) is 1. The maximum Gasteiger partial charge on any atom is 0.259 e. The van der Waals surface area contributed by atoms with E-state index in [9.17, 15) is 0 Å². The first-order valence-electron chi connectivity index (χ1n) is 7.04. The van der Waals surface area contributed by atoms with Crippen molar-refractivity contribution in [3.63, 3.8) is 0 Å². The summed E-state index contributed by atoms with van der Waals surface area (Å²) in [5.41, 5.74) is 2.66. The van der Waals surface area contributed by atoms with Crippen LogP contribution in [-0.2, 0) is 11.2 Å². The number of aryl methyl sites for hydroxylation is 1. The monoisotopic (exact) mass is 291 g/mol. The summed E-state index contributed by atoms with van der Waals surface area (Å²) in [6, 6.07) is 10.5. The molecule has 0 bridgehead atoms. The minimum atomic E-state index is 0.139. The Morgan fingerprint density at radius 1 is 1.25 bits per heavy atom. The van der Waals surface area contributed by atoms with Gasteiger partial charge in [-0.3, -0.25) is 0 Å². The lowest BCUT2D eigenvalue weighted by molar-refractivity contribution is 0.161. The van der Waals surface area contributed by atoms with Crippen LogP contribution in [0.4, 0.5) is 0 Å². The average Bonchev–Trinajstić information content (AvgIpc) is 2.42. The smallest absolute Gasteiger partial charge is 0.259 e. The third kappa shape index (κ3) is 6.71. The normalized spacial score (nSPS) is 11.6. The molecular formula is C17H25NOS. The first-order valence-corrected chi connectivity index (χ1v) is 7.45. The number of benzene rings is 1. The molecule has 20 heavy (non-hydrogen) atoms. The zero-order valence-corrected chi connectivity index (χ0v) is 13.7. The number of hydrogen-bond donors (Lipinski definition) is 0. The summed E-state index contributed by atoms with van der Waals surface area (Å²) in [7, 11) is 3.83. The molecule has 0 heterocycles. The number of nitrogens with zero attached hydrogens (tertiary/aromatic N) is 1. The highest BCUT2D eigenvalue weighted by atomic mass is 32.1. The number of hydrogen-bond acceptors (Lipinski definition) is 2. The Morgan fingerprint density at radius 2 is 1.90 bits per heavy atom. The van der Waals surface area contributed by atoms with Crippen LogP contribution in [0.1, 0.15) is 32.3 Å². The Kier molecular flexibility index (Phi) is 7.31. The molecular weight excluding hydrogens is 266 g/mol. The van der Waals surface area contributed by atoms with Gasteiger partial charge in [0.25, 0.3) is 5.17 Å².